The standard InChI is InChI=1S/C26H25NO2/c28-26-27(20-24(29-26)19-21-11-4-1-5-12-21)18-10-17-25(22-13-6-2-7-14-22)23-15-8-3-9-16-23/h1-9,11-17,24H,10,18-20H2. The first kappa shape index (κ1) is 19.0. The van der Waals surface area contributed by atoms with Crippen LogP contribution in [0.5, 0.6) is 0 Å². The van der Waals surface area contributed by atoms with E-state index in [-0.39, 0.29) is 12.2 Å². The zero-order valence-electron chi connectivity index (χ0n) is 16.4. The summed E-state index contributed by atoms with van der Waals surface area (Å²) in [5, 5.41) is 0. The van der Waals surface area contributed by atoms with Crippen molar-refractivity contribution in [2.24, 2.45) is 0 Å². The molecule has 3 nitrogen and oxygen atoms in total. The highest BCUT2D eigenvalue weighted by atomic mass is 16.6. The van der Waals surface area contributed by atoms with Gasteiger partial charge in [-0.2, -0.15) is 0 Å². The van der Waals surface area contributed by atoms with Gasteiger partial charge in [-0.25, -0.2) is 4.79 Å². The van der Waals surface area contributed by atoms with Gasteiger partial charge in [-0.05, 0) is 28.7 Å². The second-order valence-corrected chi connectivity index (χ2v) is 7.28. The number of hydrogen-bond acceptors (Lipinski definition) is 2. The predicted molar refractivity (Wildman–Crippen MR) is 117 cm³/mol. The topological polar surface area (TPSA) is 29.5 Å². The first-order valence-electron chi connectivity index (χ1n) is 10.1. The maximum atomic E-state index is 12.3. The SMILES string of the molecule is O=C1OC(Cc2ccccc2)CN1CCC=C(c1ccccc1)c1ccccc1. The van der Waals surface area contributed by atoms with Crippen LogP contribution in [-0.2, 0) is 11.2 Å². The average molecular weight is 383 g/mol. The van der Waals surface area contributed by atoms with E-state index in [1.54, 1.807) is 0 Å². The minimum Gasteiger partial charge on any atom is -0.444 e. The quantitative estimate of drug-likeness (QED) is 0.534. The lowest BCUT2D eigenvalue weighted by Crippen LogP contribution is -2.26. The minimum atomic E-state index is -0.208. The summed E-state index contributed by atoms with van der Waals surface area (Å²) in [7, 11) is 0. The Balaban J connectivity index is 1.41. The highest BCUT2D eigenvalue weighted by Gasteiger charge is 2.30. The summed E-state index contributed by atoms with van der Waals surface area (Å²) in [6.45, 7) is 1.31. The minimum absolute atomic E-state index is 0.0726. The van der Waals surface area contributed by atoms with E-state index in [4.69, 9.17) is 4.74 Å². The number of nitrogens with zero attached hydrogens (tertiary/aromatic N) is 1. The molecule has 1 aliphatic heterocycles. The molecule has 1 heterocycles. The number of ether oxygens (including phenoxy) is 1. The van der Waals surface area contributed by atoms with Gasteiger partial charge in [-0.3, -0.25) is 0 Å². The third kappa shape index (κ3) is 4.94. The molecule has 29 heavy (non-hydrogen) atoms. The van der Waals surface area contributed by atoms with Crippen molar-refractivity contribution in [2.75, 3.05) is 13.1 Å². The fourth-order valence-corrected chi connectivity index (χ4v) is 3.74. The first-order valence-corrected chi connectivity index (χ1v) is 10.1. The van der Waals surface area contributed by atoms with Crippen molar-refractivity contribution in [1.29, 1.82) is 0 Å². The van der Waals surface area contributed by atoms with Gasteiger partial charge in [0.05, 0.1) is 6.54 Å². The predicted octanol–water partition coefficient (Wildman–Crippen LogP) is 5.57. The molecule has 0 aliphatic carbocycles. The summed E-state index contributed by atoms with van der Waals surface area (Å²) in [4.78, 5) is 14.1. The molecule has 4 rings (SSSR count). The van der Waals surface area contributed by atoms with Crippen LogP contribution < -0.4 is 0 Å². The molecular formula is C26H25NO2. The van der Waals surface area contributed by atoms with Crippen molar-refractivity contribution in [3.05, 3.63) is 114 Å². The first-order chi connectivity index (χ1) is 14.3. The highest BCUT2D eigenvalue weighted by Crippen LogP contribution is 2.24. The van der Waals surface area contributed by atoms with Crippen molar-refractivity contribution >= 4 is 11.7 Å². The summed E-state index contributed by atoms with van der Waals surface area (Å²) in [5.41, 5.74) is 4.76. The largest absolute Gasteiger partial charge is 0.444 e. The van der Waals surface area contributed by atoms with Crippen LogP contribution in [-0.4, -0.2) is 30.2 Å². The average Bonchev–Trinajstić information content (AvgIpc) is 3.12. The Kier molecular flexibility index (Phi) is 6.06. The summed E-state index contributed by atoms with van der Waals surface area (Å²) in [5.74, 6) is 0. The van der Waals surface area contributed by atoms with Gasteiger partial charge in [0.1, 0.15) is 6.10 Å². The van der Waals surface area contributed by atoms with E-state index in [2.05, 4.69) is 66.7 Å². The Labute approximate surface area is 172 Å². The maximum Gasteiger partial charge on any atom is 0.410 e. The van der Waals surface area contributed by atoms with Crippen LogP contribution in [0, 0.1) is 0 Å². The van der Waals surface area contributed by atoms with Gasteiger partial charge in [-0.15, -0.1) is 0 Å². The number of carbonyl (C=O) groups is 1. The molecule has 1 aliphatic rings. The second kappa shape index (κ2) is 9.24. The van der Waals surface area contributed by atoms with Crippen molar-refractivity contribution < 1.29 is 9.53 Å². The summed E-state index contributed by atoms with van der Waals surface area (Å²) < 4.78 is 5.57. The normalized spacial score (nSPS) is 15.8. The van der Waals surface area contributed by atoms with E-state index < -0.39 is 0 Å². The molecule has 0 bridgehead atoms. The Morgan fingerprint density at radius 1 is 0.862 bits per heavy atom. The second-order valence-electron chi connectivity index (χ2n) is 7.28. The van der Waals surface area contributed by atoms with Crippen LogP contribution in [0.3, 0.4) is 0 Å². The number of carbonyl (C=O) groups excluding carboxylic acids is 1. The Morgan fingerprint density at radius 3 is 2.00 bits per heavy atom. The summed E-state index contributed by atoms with van der Waals surface area (Å²) >= 11 is 0. The van der Waals surface area contributed by atoms with Crippen molar-refractivity contribution in [3.63, 3.8) is 0 Å². The number of cyclic esters (lactones) is 1. The van der Waals surface area contributed by atoms with E-state index in [0.29, 0.717) is 13.1 Å². The number of hydrogen-bond donors (Lipinski definition) is 0. The molecule has 0 N–H and O–H groups in total. The third-order valence-electron chi connectivity index (χ3n) is 5.17. The van der Waals surface area contributed by atoms with E-state index in [1.807, 2.05) is 35.2 Å². The van der Waals surface area contributed by atoms with Gasteiger partial charge in [0.2, 0.25) is 0 Å². The van der Waals surface area contributed by atoms with Crippen LogP contribution in [0.15, 0.2) is 97.1 Å². The Morgan fingerprint density at radius 2 is 1.41 bits per heavy atom. The lowest BCUT2D eigenvalue weighted by Gasteiger charge is -2.13. The van der Waals surface area contributed by atoms with Crippen LogP contribution in [0.1, 0.15) is 23.1 Å². The molecule has 1 unspecified atom stereocenters. The smallest absolute Gasteiger partial charge is 0.410 e. The van der Waals surface area contributed by atoms with Gasteiger partial charge in [0.25, 0.3) is 0 Å². The monoisotopic (exact) mass is 383 g/mol. The molecule has 0 radical (unpaired) electrons. The fraction of sp³-hybridized carbons (Fsp3) is 0.192. The molecule has 0 spiro atoms. The maximum absolute atomic E-state index is 12.3. The molecule has 3 aromatic rings. The van der Waals surface area contributed by atoms with Crippen molar-refractivity contribution in [3.8, 4) is 0 Å². The molecule has 3 heteroatoms. The summed E-state index contributed by atoms with van der Waals surface area (Å²) in [6.07, 6.45) is 3.49. The molecular weight excluding hydrogens is 358 g/mol. The van der Waals surface area contributed by atoms with Gasteiger partial charge in [0.15, 0.2) is 0 Å². The number of benzene rings is 3. The third-order valence-corrected chi connectivity index (χ3v) is 5.17. The van der Waals surface area contributed by atoms with Gasteiger partial charge in [0, 0.05) is 13.0 Å². The van der Waals surface area contributed by atoms with E-state index in [0.717, 1.165) is 12.8 Å². The zero-order chi connectivity index (χ0) is 19.9. The molecule has 1 saturated heterocycles. The molecule has 146 valence electrons. The number of rotatable bonds is 7. The van der Waals surface area contributed by atoms with E-state index in [1.165, 1.54) is 22.3 Å². The van der Waals surface area contributed by atoms with Crippen molar-refractivity contribution in [2.45, 2.75) is 18.9 Å². The van der Waals surface area contributed by atoms with Gasteiger partial charge >= 0.3 is 6.09 Å². The van der Waals surface area contributed by atoms with Gasteiger partial charge < -0.3 is 9.64 Å². The van der Waals surface area contributed by atoms with Crippen LogP contribution in [0.4, 0.5) is 4.79 Å². The number of amides is 1. The fourth-order valence-electron chi connectivity index (χ4n) is 3.74. The van der Waals surface area contributed by atoms with Crippen LogP contribution >= 0.6 is 0 Å². The Bertz CT molecular complexity index is 910. The van der Waals surface area contributed by atoms with Crippen molar-refractivity contribution in [1.82, 2.24) is 4.90 Å². The molecule has 3 aromatic carbocycles. The van der Waals surface area contributed by atoms with Gasteiger partial charge in [-0.1, -0.05) is 97.1 Å². The molecule has 0 aromatic heterocycles. The Hall–Kier alpha value is -3.33. The molecule has 1 fully saturated rings. The van der Waals surface area contributed by atoms with Crippen LogP contribution in [0.2, 0.25) is 0 Å². The van der Waals surface area contributed by atoms with E-state index >= 15 is 0 Å². The lowest BCUT2D eigenvalue weighted by atomic mass is 9.97. The highest BCUT2D eigenvalue weighted by molar-refractivity contribution is 5.79. The molecule has 1 amide bonds. The lowest BCUT2D eigenvalue weighted by molar-refractivity contribution is 0.132. The van der Waals surface area contributed by atoms with E-state index in [9.17, 15) is 4.79 Å². The zero-order valence-corrected chi connectivity index (χ0v) is 16.4. The molecule has 0 saturated carbocycles. The molecule has 1 atom stereocenters. The van der Waals surface area contributed by atoms with Crippen LogP contribution in [0.25, 0.3) is 5.57 Å². The summed E-state index contributed by atoms with van der Waals surface area (Å²) in [6, 6.07) is 30.9.